The number of nitrogens with zero attached hydrogens (tertiary/aromatic N) is 1. The minimum atomic E-state index is -0.0943. The SMILES string of the molecule is O=C1C2CCC(c3ccc(Cl)cc3Cl)NC2NN1c1ccccc1. The average molecular weight is 362 g/mol. The van der Waals surface area contributed by atoms with Crippen molar-refractivity contribution >= 4 is 34.8 Å². The molecule has 4 rings (SSSR count). The van der Waals surface area contributed by atoms with E-state index in [1.165, 1.54) is 0 Å². The monoisotopic (exact) mass is 361 g/mol. The second kappa shape index (κ2) is 6.37. The smallest absolute Gasteiger partial charge is 0.247 e. The van der Waals surface area contributed by atoms with Crippen LogP contribution in [0.5, 0.6) is 0 Å². The van der Waals surface area contributed by atoms with Crippen molar-refractivity contribution in [2.75, 3.05) is 5.01 Å². The van der Waals surface area contributed by atoms with Gasteiger partial charge in [-0.05, 0) is 42.7 Å². The lowest BCUT2D eigenvalue weighted by Gasteiger charge is -2.32. The molecule has 2 N–H and O–H groups in total. The van der Waals surface area contributed by atoms with Crippen LogP contribution in [0.3, 0.4) is 0 Å². The summed E-state index contributed by atoms with van der Waals surface area (Å²) in [6, 6.07) is 15.3. The summed E-state index contributed by atoms with van der Waals surface area (Å²) in [5.74, 6) is 0.0480. The number of fused-ring (bicyclic) bond motifs is 1. The second-order valence-corrected chi connectivity index (χ2v) is 7.03. The van der Waals surface area contributed by atoms with Crippen molar-refractivity contribution in [2.45, 2.75) is 25.0 Å². The number of carbonyl (C=O) groups is 1. The van der Waals surface area contributed by atoms with E-state index in [4.69, 9.17) is 23.2 Å². The fourth-order valence-corrected chi connectivity index (χ4v) is 4.04. The first-order valence-electron chi connectivity index (χ1n) is 7.99. The van der Waals surface area contributed by atoms with Gasteiger partial charge in [-0.3, -0.25) is 10.1 Å². The van der Waals surface area contributed by atoms with Crippen molar-refractivity contribution < 1.29 is 4.79 Å². The van der Waals surface area contributed by atoms with E-state index in [-0.39, 0.29) is 24.0 Å². The van der Waals surface area contributed by atoms with Crippen molar-refractivity contribution in [2.24, 2.45) is 5.92 Å². The van der Waals surface area contributed by atoms with Crippen molar-refractivity contribution in [3.8, 4) is 0 Å². The van der Waals surface area contributed by atoms with Crippen molar-refractivity contribution in [1.29, 1.82) is 0 Å². The van der Waals surface area contributed by atoms with E-state index in [9.17, 15) is 4.79 Å². The maximum atomic E-state index is 12.7. The van der Waals surface area contributed by atoms with Gasteiger partial charge in [0.15, 0.2) is 0 Å². The zero-order valence-corrected chi connectivity index (χ0v) is 14.4. The molecule has 0 bridgehead atoms. The summed E-state index contributed by atoms with van der Waals surface area (Å²) in [6.07, 6.45) is 1.58. The second-order valence-electron chi connectivity index (χ2n) is 6.18. The molecule has 124 valence electrons. The topological polar surface area (TPSA) is 44.4 Å². The molecule has 0 spiro atoms. The fourth-order valence-electron chi connectivity index (χ4n) is 3.50. The molecule has 24 heavy (non-hydrogen) atoms. The molecule has 2 aromatic carbocycles. The molecule has 3 atom stereocenters. The van der Waals surface area contributed by atoms with E-state index in [0.717, 1.165) is 24.1 Å². The highest BCUT2D eigenvalue weighted by molar-refractivity contribution is 6.35. The first kappa shape index (κ1) is 15.9. The van der Waals surface area contributed by atoms with Crippen LogP contribution in [0.25, 0.3) is 0 Å². The van der Waals surface area contributed by atoms with Gasteiger partial charge in [-0.2, -0.15) is 0 Å². The third kappa shape index (κ3) is 2.80. The maximum Gasteiger partial charge on any atom is 0.247 e. The summed E-state index contributed by atoms with van der Waals surface area (Å²) >= 11 is 12.3. The van der Waals surface area contributed by atoms with Crippen LogP contribution in [0, 0.1) is 5.92 Å². The average Bonchev–Trinajstić information content (AvgIpc) is 2.92. The lowest BCUT2D eigenvalue weighted by Crippen LogP contribution is -2.49. The van der Waals surface area contributed by atoms with E-state index in [1.54, 1.807) is 11.1 Å². The van der Waals surface area contributed by atoms with Gasteiger partial charge in [0.2, 0.25) is 5.91 Å². The minimum Gasteiger partial charge on any atom is -0.293 e. The number of para-hydroxylation sites is 1. The van der Waals surface area contributed by atoms with Crippen LogP contribution in [0.4, 0.5) is 5.69 Å². The molecule has 2 aromatic rings. The van der Waals surface area contributed by atoms with Crippen LogP contribution < -0.4 is 15.8 Å². The van der Waals surface area contributed by atoms with E-state index < -0.39 is 0 Å². The van der Waals surface area contributed by atoms with Crippen LogP contribution in [0.2, 0.25) is 10.0 Å². The molecule has 2 fully saturated rings. The summed E-state index contributed by atoms with van der Waals surface area (Å²) in [6.45, 7) is 0. The van der Waals surface area contributed by atoms with Gasteiger partial charge in [-0.1, -0.05) is 47.5 Å². The van der Waals surface area contributed by atoms with Crippen molar-refractivity contribution in [1.82, 2.24) is 10.7 Å². The van der Waals surface area contributed by atoms with Gasteiger partial charge in [0, 0.05) is 16.1 Å². The van der Waals surface area contributed by atoms with Gasteiger partial charge in [-0.15, -0.1) is 0 Å². The van der Waals surface area contributed by atoms with Crippen LogP contribution in [-0.2, 0) is 4.79 Å². The molecule has 0 aliphatic carbocycles. The number of hydrogen-bond donors (Lipinski definition) is 2. The maximum absolute atomic E-state index is 12.7. The first-order valence-corrected chi connectivity index (χ1v) is 8.75. The van der Waals surface area contributed by atoms with Gasteiger partial charge in [0.25, 0.3) is 0 Å². The van der Waals surface area contributed by atoms with Crippen molar-refractivity contribution in [3.63, 3.8) is 0 Å². The van der Waals surface area contributed by atoms with Crippen LogP contribution in [0.15, 0.2) is 48.5 Å². The number of rotatable bonds is 2. The summed E-state index contributed by atoms with van der Waals surface area (Å²) < 4.78 is 0. The lowest BCUT2D eigenvalue weighted by atomic mass is 9.89. The Balaban J connectivity index is 1.54. The normalized spacial score (nSPS) is 26.5. The third-order valence-corrected chi connectivity index (χ3v) is 5.27. The molecule has 0 aromatic heterocycles. The Morgan fingerprint density at radius 3 is 2.58 bits per heavy atom. The molecule has 2 aliphatic heterocycles. The largest absolute Gasteiger partial charge is 0.293 e. The van der Waals surface area contributed by atoms with Gasteiger partial charge in [0.05, 0.1) is 17.8 Å². The Bertz CT molecular complexity index is 768. The predicted octanol–water partition coefficient (Wildman–Crippen LogP) is 3.91. The van der Waals surface area contributed by atoms with E-state index >= 15 is 0 Å². The first-order chi connectivity index (χ1) is 11.6. The molecule has 0 radical (unpaired) electrons. The van der Waals surface area contributed by atoms with Crippen LogP contribution >= 0.6 is 23.2 Å². The quantitative estimate of drug-likeness (QED) is 0.852. The molecular weight excluding hydrogens is 345 g/mol. The Morgan fingerprint density at radius 2 is 1.83 bits per heavy atom. The van der Waals surface area contributed by atoms with Gasteiger partial charge in [0.1, 0.15) is 0 Å². The molecule has 6 heteroatoms. The van der Waals surface area contributed by atoms with Crippen LogP contribution in [-0.4, -0.2) is 12.1 Å². The Kier molecular flexibility index (Phi) is 4.22. The fraction of sp³-hybridized carbons (Fsp3) is 0.278. The zero-order chi connectivity index (χ0) is 16.7. The number of amides is 1. The predicted molar refractivity (Wildman–Crippen MR) is 95.9 cm³/mol. The molecule has 2 heterocycles. The minimum absolute atomic E-state index is 0.0625. The number of halogens is 2. The molecule has 2 aliphatic rings. The third-order valence-electron chi connectivity index (χ3n) is 4.71. The molecular formula is C18H17Cl2N3O. The standard InChI is InChI=1S/C18H17Cl2N3O/c19-11-6-7-13(15(20)10-11)16-9-8-14-17(21-16)22-23(18(14)24)12-4-2-1-3-5-12/h1-7,10,14,16-17,21-22H,8-9H2. The number of carbonyl (C=O) groups excluding carboxylic acids is 1. The van der Waals surface area contributed by atoms with Gasteiger partial charge < -0.3 is 0 Å². The van der Waals surface area contributed by atoms with Crippen LogP contribution in [0.1, 0.15) is 24.4 Å². The summed E-state index contributed by atoms with van der Waals surface area (Å²) in [5, 5.41) is 6.45. The summed E-state index contributed by atoms with van der Waals surface area (Å²) in [4.78, 5) is 12.7. The van der Waals surface area contributed by atoms with Gasteiger partial charge >= 0.3 is 0 Å². The number of nitrogens with one attached hydrogen (secondary N) is 2. The molecule has 3 unspecified atom stereocenters. The Labute approximate surface area is 150 Å². The zero-order valence-electron chi connectivity index (χ0n) is 12.9. The number of hydrogen-bond acceptors (Lipinski definition) is 3. The number of benzene rings is 2. The molecule has 2 saturated heterocycles. The number of anilines is 1. The molecule has 4 nitrogen and oxygen atoms in total. The Hall–Kier alpha value is -1.59. The van der Waals surface area contributed by atoms with E-state index in [0.29, 0.717) is 10.0 Å². The highest BCUT2D eigenvalue weighted by Gasteiger charge is 2.44. The highest BCUT2D eigenvalue weighted by atomic mass is 35.5. The summed E-state index contributed by atoms with van der Waals surface area (Å²) in [5.41, 5.74) is 5.17. The number of piperidine rings is 1. The Morgan fingerprint density at radius 1 is 1.04 bits per heavy atom. The number of hydrazine groups is 1. The van der Waals surface area contributed by atoms with E-state index in [1.807, 2.05) is 42.5 Å². The van der Waals surface area contributed by atoms with Gasteiger partial charge in [-0.25, -0.2) is 10.4 Å². The van der Waals surface area contributed by atoms with Crippen molar-refractivity contribution in [3.05, 3.63) is 64.1 Å². The van der Waals surface area contributed by atoms with E-state index in [2.05, 4.69) is 10.7 Å². The molecule has 0 saturated carbocycles. The summed E-state index contributed by atoms with van der Waals surface area (Å²) in [7, 11) is 0. The lowest BCUT2D eigenvalue weighted by molar-refractivity contribution is -0.121. The molecule has 1 amide bonds. The highest BCUT2D eigenvalue weighted by Crippen LogP contribution is 2.36.